The molecule has 2 nitrogen and oxygen atoms in total. The van der Waals surface area contributed by atoms with Gasteiger partial charge in [-0.05, 0) is 53.3 Å². The number of fused-ring (bicyclic) bond motifs is 2. The maximum atomic E-state index is 4.65. The molecule has 1 fully saturated rings. The Morgan fingerprint density at radius 1 is 1.20 bits per heavy atom. The van der Waals surface area contributed by atoms with E-state index in [0.717, 1.165) is 19.0 Å². The van der Waals surface area contributed by atoms with Crippen LogP contribution >= 0.6 is 23.1 Å². The van der Waals surface area contributed by atoms with Crippen molar-refractivity contribution >= 4 is 44.0 Å². The fourth-order valence-corrected chi connectivity index (χ4v) is 5.18. The first kappa shape index (κ1) is 11.4. The highest BCUT2D eigenvalue weighted by Crippen LogP contribution is 2.52. The van der Waals surface area contributed by atoms with Gasteiger partial charge in [0, 0.05) is 16.1 Å². The SMILES string of the molecule is c1cc2cc(C3=C(C4CC4)SC4=NCCN43)ccc2s1. The lowest BCUT2D eigenvalue weighted by Gasteiger charge is -2.17. The predicted octanol–water partition coefficient (Wildman–Crippen LogP) is 4.40. The number of benzene rings is 1. The summed E-state index contributed by atoms with van der Waals surface area (Å²) >= 11 is 3.74. The van der Waals surface area contributed by atoms with E-state index < -0.39 is 0 Å². The summed E-state index contributed by atoms with van der Waals surface area (Å²) in [6.07, 6.45) is 2.71. The molecule has 0 unspecified atom stereocenters. The lowest BCUT2D eigenvalue weighted by Crippen LogP contribution is -2.20. The second-order valence-corrected chi connectivity index (χ2v) is 7.54. The van der Waals surface area contributed by atoms with Gasteiger partial charge in [-0.1, -0.05) is 17.8 Å². The van der Waals surface area contributed by atoms with Gasteiger partial charge < -0.3 is 4.90 Å². The smallest absolute Gasteiger partial charge is 0.168 e. The zero-order valence-corrected chi connectivity index (χ0v) is 12.6. The molecule has 0 bridgehead atoms. The van der Waals surface area contributed by atoms with Crippen molar-refractivity contribution in [2.45, 2.75) is 12.8 Å². The fraction of sp³-hybridized carbons (Fsp3) is 0.312. The van der Waals surface area contributed by atoms with Crippen LogP contribution in [0.1, 0.15) is 18.4 Å². The summed E-state index contributed by atoms with van der Waals surface area (Å²) in [5.74, 6) is 0.793. The van der Waals surface area contributed by atoms with Gasteiger partial charge >= 0.3 is 0 Å². The number of allylic oxidation sites excluding steroid dienone is 1. The topological polar surface area (TPSA) is 15.6 Å². The van der Waals surface area contributed by atoms with E-state index in [9.17, 15) is 0 Å². The van der Waals surface area contributed by atoms with Gasteiger partial charge in [0.05, 0.1) is 12.2 Å². The Hall–Kier alpha value is -1.26. The molecule has 0 atom stereocenters. The van der Waals surface area contributed by atoms with Crippen LogP contribution in [0, 0.1) is 5.92 Å². The number of aliphatic imine (C=N–C) groups is 1. The van der Waals surface area contributed by atoms with Crippen molar-refractivity contribution in [3.63, 3.8) is 0 Å². The Labute approximate surface area is 126 Å². The molecule has 1 aromatic heterocycles. The summed E-state index contributed by atoms with van der Waals surface area (Å²) in [5, 5.41) is 4.77. The molecule has 0 radical (unpaired) electrons. The molecule has 0 spiro atoms. The minimum atomic E-state index is 0.793. The Kier molecular flexibility index (Phi) is 2.35. The van der Waals surface area contributed by atoms with Gasteiger partial charge in [0.1, 0.15) is 0 Å². The number of nitrogens with zero attached hydrogens (tertiary/aromatic N) is 2. The fourth-order valence-electron chi connectivity index (χ4n) is 3.04. The van der Waals surface area contributed by atoms with E-state index in [1.54, 1.807) is 4.91 Å². The first-order chi connectivity index (χ1) is 9.90. The van der Waals surface area contributed by atoms with Crippen LogP contribution in [0.3, 0.4) is 0 Å². The highest BCUT2D eigenvalue weighted by molar-refractivity contribution is 8.17. The average molecular weight is 298 g/mol. The normalized spacial score (nSPS) is 21.8. The highest BCUT2D eigenvalue weighted by atomic mass is 32.2. The van der Waals surface area contributed by atoms with E-state index >= 15 is 0 Å². The van der Waals surface area contributed by atoms with Crippen molar-refractivity contribution in [3.8, 4) is 0 Å². The Morgan fingerprint density at radius 2 is 2.15 bits per heavy atom. The number of thioether (sulfide) groups is 1. The van der Waals surface area contributed by atoms with E-state index in [1.807, 2.05) is 23.1 Å². The average Bonchev–Trinajstić information content (AvgIpc) is 2.89. The molecule has 1 aliphatic carbocycles. The van der Waals surface area contributed by atoms with Crippen LogP contribution in [-0.2, 0) is 0 Å². The quantitative estimate of drug-likeness (QED) is 0.816. The van der Waals surface area contributed by atoms with Crippen molar-refractivity contribution in [2.75, 3.05) is 13.1 Å². The zero-order valence-electron chi connectivity index (χ0n) is 11.0. The van der Waals surface area contributed by atoms with Crippen molar-refractivity contribution in [1.82, 2.24) is 4.90 Å². The molecular weight excluding hydrogens is 284 g/mol. The van der Waals surface area contributed by atoms with E-state index in [2.05, 4.69) is 39.5 Å². The molecule has 0 saturated heterocycles. The van der Waals surface area contributed by atoms with Crippen LogP contribution in [0.15, 0.2) is 39.5 Å². The summed E-state index contributed by atoms with van der Waals surface area (Å²) in [6.45, 7) is 2.00. The molecule has 100 valence electrons. The highest BCUT2D eigenvalue weighted by Gasteiger charge is 2.39. The summed E-state index contributed by atoms with van der Waals surface area (Å²) in [5.41, 5.74) is 2.82. The number of hydrogen-bond donors (Lipinski definition) is 0. The lowest BCUT2D eigenvalue weighted by molar-refractivity contribution is 0.645. The number of thiophene rings is 1. The summed E-state index contributed by atoms with van der Waals surface area (Å²) in [6, 6.07) is 9.13. The van der Waals surface area contributed by atoms with E-state index in [-0.39, 0.29) is 0 Å². The van der Waals surface area contributed by atoms with Crippen molar-refractivity contribution < 1.29 is 0 Å². The van der Waals surface area contributed by atoms with E-state index in [1.165, 1.54) is 39.4 Å². The third-order valence-corrected chi connectivity index (χ3v) is 6.36. The predicted molar refractivity (Wildman–Crippen MR) is 88.1 cm³/mol. The largest absolute Gasteiger partial charge is 0.318 e. The molecule has 5 rings (SSSR count). The second kappa shape index (κ2) is 4.12. The molecule has 3 aliphatic rings. The molecule has 2 aromatic rings. The number of hydrogen-bond acceptors (Lipinski definition) is 4. The van der Waals surface area contributed by atoms with E-state index in [4.69, 9.17) is 0 Å². The lowest BCUT2D eigenvalue weighted by atomic mass is 10.1. The van der Waals surface area contributed by atoms with Crippen molar-refractivity contribution in [1.29, 1.82) is 0 Å². The minimum Gasteiger partial charge on any atom is -0.318 e. The van der Waals surface area contributed by atoms with Gasteiger partial charge in [-0.15, -0.1) is 11.3 Å². The Bertz CT molecular complexity index is 768. The summed E-state index contributed by atoms with van der Waals surface area (Å²) in [7, 11) is 0. The summed E-state index contributed by atoms with van der Waals surface area (Å²) < 4.78 is 1.38. The zero-order chi connectivity index (χ0) is 13.1. The van der Waals surface area contributed by atoms with Gasteiger partial charge in [-0.3, -0.25) is 4.99 Å². The van der Waals surface area contributed by atoms with Gasteiger partial charge in [0.15, 0.2) is 5.17 Å². The molecule has 3 heterocycles. The van der Waals surface area contributed by atoms with Gasteiger partial charge in [0.25, 0.3) is 0 Å². The number of amidine groups is 1. The van der Waals surface area contributed by atoms with Gasteiger partial charge in [-0.25, -0.2) is 0 Å². The maximum Gasteiger partial charge on any atom is 0.168 e. The third kappa shape index (κ3) is 1.61. The molecule has 0 amide bonds. The van der Waals surface area contributed by atoms with Crippen LogP contribution in [0.2, 0.25) is 0 Å². The second-order valence-electron chi connectivity index (χ2n) is 5.58. The van der Waals surface area contributed by atoms with Crippen LogP contribution in [0.25, 0.3) is 15.8 Å². The maximum absolute atomic E-state index is 4.65. The molecule has 0 N–H and O–H groups in total. The van der Waals surface area contributed by atoms with Crippen LogP contribution in [0.4, 0.5) is 0 Å². The molecular formula is C16H14N2S2. The van der Waals surface area contributed by atoms with Crippen LogP contribution < -0.4 is 0 Å². The third-order valence-electron chi connectivity index (χ3n) is 4.18. The van der Waals surface area contributed by atoms with Crippen molar-refractivity contribution in [2.24, 2.45) is 10.9 Å². The molecule has 1 aromatic carbocycles. The van der Waals surface area contributed by atoms with Crippen LogP contribution in [-0.4, -0.2) is 23.2 Å². The first-order valence-electron chi connectivity index (χ1n) is 7.12. The Balaban J connectivity index is 1.69. The molecule has 1 saturated carbocycles. The van der Waals surface area contributed by atoms with Crippen LogP contribution in [0.5, 0.6) is 0 Å². The molecule has 20 heavy (non-hydrogen) atoms. The van der Waals surface area contributed by atoms with Gasteiger partial charge in [-0.2, -0.15) is 0 Å². The molecule has 4 heteroatoms. The molecule has 2 aliphatic heterocycles. The van der Waals surface area contributed by atoms with E-state index in [0.29, 0.717) is 0 Å². The first-order valence-corrected chi connectivity index (χ1v) is 8.81. The monoisotopic (exact) mass is 298 g/mol. The van der Waals surface area contributed by atoms with Crippen molar-refractivity contribution in [3.05, 3.63) is 40.1 Å². The Morgan fingerprint density at radius 3 is 3.05 bits per heavy atom. The standard InChI is InChI=1S/C16H14N2S2/c1-2-10(1)15-14(18-7-6-17-16(18)20-15)12-3-4-13-11(9-12)5-8-19-13/h3-5,8-10H,1-2,6-7H2. The van der Waals surface area contributed by atoms with Gasteiger partial charge in [0.2, 0.25) is 0 Å². The number of rotatable bonds is 2. The minimum absolute atomic E-state index is 0.793. The summed E-state index contributed by atoms with van der Waals surface area (Å²) in [4.78, 5) is 8.66.